The summed E-state index contributed by atoms with van der Waals surface area (Å²) in [6.07, 6.45) is 4.51. The molecule has 1 amide bonds. The molecule has 1 saturated heterocycles. The number of aryl methyl sites for hydroxylation is 1. The van der Waals surface area contributed by atoms with Gasteiger partial charge in [-0.25, -0.2) is 0 Å². The van der Waals surface area contributed by atoms with Crippen LogP contribution in [0.15, 0.2) is 12.4 Å². The van der Waals surface area contributed by atoms with Gasteiger partial charge in [0.25, 0.3) is 0 Å². The summed E-state index contributed by atoms with van der Waals surface area (Å²) in [5.41, 5.74) is 6.60. The van der Waals surface area contributed by atoms with E-state index in [2.05, 4.69) is 5.10 Å². The molecule has 2 rings (SSSR count). The molecular formula is C9H14N4O. The van der Waals surface area contributed by atoms with E-state index >= 15 is 0 Å². The minimum atomic E-state index is -0.552. The molecule has 1 atom stereocenters. The number of carbonyl (C=O) groups excluding carboxylic acids is 1. The van der Waals surface area contributed by atoms with Crippen LogP contribution in [-0.4, -0.2) is 33.7 Å². The molecule has 1 aromatic heterocycles. The second kappa shape index (κ2) is 3.42. The van der Waals surface area contributed by atoms with Crippen molar-refractivity contribution in [3.05, 3.63) is 18.0 Å². The van der Waals surface area contributed by atoms with Gasteiger partial charge < -0.3 is 10.6 Å². The second-order valence-electron chi connectivity index (χ2n) is 3.60. The molecule has 2 N–H and O–H groups in total. The van der Waals surface area contributed by atoms with Gasteiger partial charge in [0.2, 0.25) is 5.91 Å². The molecule has 1 aliphatic heterocycles. The van der Waals surface area contributed by atoms with Crippen LogP contribution in [0.1, 0.15) is 18.0 Å². The van der Waals surface area contributed by atoms with Crippen molar-refractivity contribution in [2.75, 3.05) is 13.1 Å². The Morgan fingerprint density at radius 3 is 2.79 bits per heavy atom. The highest BCUT2D eigenvalue weighted by Crippen LogP contribution is 2.16. The average molecular weight is 194 g/mol. The van der Waals surface area contributed by atoms with Crippen molar-refractivity contribution in [2.45, 2.75) is 12.5 Å². The summed E-state index contributed by atoms with van der Waals surface area (Å²) in [6, 6.07) is -0.552. The normalized spacial score (nSPS) is 17.7. The molecule has 1 unspecified atom stereocenters. The highest BCUT2D eigenvalue weighted by molar-refractivity contribution is 5.83. The van der Waals surface area contributed by atoms with Gasteiger partial charge >= 0.3 is 0 Å². The Labute approximate surface area is 82.5 Å². The first kappa shape index (κ1) is 9.21. The van der Waals surface area contributed by atoms with Crippen LogP contribution in [0.2, 0.25) is 0 Å². The van der Waals surface area contributed by atoms with Gasteiger partial charge in [-0.15, -0.1) is 0 Å². The molecule has 0 aromatic carbocycles. The Morgan fingerprint density at radius 2 is 2.36 bits per heavy atom. The average Bonchev–Trinajstić information content (AvgIpc) is 2.47. The van der Waals surface area contributed by atoms with Gasteiger partial charge in [-0.1, -0.05) is 0 Å². The number of hydrogen-bond donors (Lipinski definition) is 1. The third kappa shape index (κ3) is 1.50. The van der Waals surface area contributed by atoms with E-state index in [1.54, 1.807) is 22.0 Å². The Hall–Kier alpha value is -1.36. The number of hydrogen-bond acceptors (Lipinski definition) is 3. The molecule has 1 aliphatic rings. The highest BCUT2D eigenvalue weighted by atomic mass is 16.2. The van der Waals surface area contributed by atoms with Crippen molar-refractivity contribution in [1.82, 2.24) is 14.7 Å². The molecule has 76 valence electrons. The highest BCUT2D eigenvalue weighted by Gasteiger charge is 2.26. The van der Waals surface area contributed by atoms with Crippen LogP contribution in [0.3, 0.4) is 0 Å². The van der Waals surface area contributed by atoms with Crippen LogP contribution in [0.25, 0.3) is 0 Å². The van der Waals surface area contributed by atoms with E-state index in [9.17, 15) is 4.79 Å². The monoisotopic (exact) mass is 194 g/mol. The quantitative estimate of drug-likeness (QED) is 0.700. The fraction of sp³-hybridized carbons (Fsp3) is 0.556. The van der Waals surface area contributed by atoms with E-state index in [-0.39, 0.29) is 5.91 Å². The molecular weight excluding hydrogens is 180 g/mol. The van der Waals surface area contributed by atoms with Gasteiger partial charge in [-0.3, -0.25) is 9.48 Å². The minimum Gasteiger partial charge on any atom is -0.341 e. The molecule has 2 heterocycles. The molecule has 0 aliphatic carbocycles. The molecule has 5 heteroatoms. The topological polar surface area (TPSA) is 64.2 Å². The Balaban J connectivity index is 2.07. The van der Waals surface area contributed by atoms with Gasteiger partial charge in [0.15, 0.2) is 0 Å². The van der Waals surface area contributed by atoms with Crippen molar-refractivity contribution in [3.8, 4) is 0 Å². The number of likely N-dealkylation sites (tertiary alicyclic amines) is 1. The SMILES string of the molecule is Cn1cc(C(N)C(=O)N2CCC2)cn1. The van der Waals surface area contributed by atoms with Gasteiger partial charge in [-0.05, 0) is 6.42 Å². The summed E-state index contributed by atoms with van der Waals surface area (Å²) in [7, 11) is 1.81. The zero-order chi connectivity index (χ0) is 10.1. The Bertz CT molecular complexity index is 342. The lowest BCUT2D eigenvalue weighted by atomic mass is 10.1. The van der Waals surface area contributed by atoms with Crippen molar-refractivity contribution >= 4 is 5.91 Å². The third-order valence-electron chi connectivity index (χ3n) is 2.52. The van der Waals surface area contributed by atoms with Crippen LogP contribution in [0, 0.1) is 0 Å². The summed E-state index contributed by atoms with van der Waals surface area (Å²) in [4.78, 5) is 13.5. The van der Waals surface area contributed by atoms with Crippen LogP contribution in [0.5, 0.6) is 0 Å². The first-order valence-corrected chi connectivity index (χ1v) is 4.71. The lowest BCUT2D eigenvalue weighted by Gasteiger charge is -2.32. The molecule has 0 saturated carbocycles. The standard InChI is InChI=1S/C9H14N4O/c1-12-6-7(5-11-12)8(10)9(14)13-3-2-4-13/h5-6,8H,2-4,10H2,1H3. The molecule has 5 nitrogen and oxygen atoms in total. The summed E-state index contributed by atoms with van der Waals surface area (Å²) < 4.78 is 1.65. The Kier molecular flexibility index (Phi) is 2.25. The second-order valence-corrected chi connectivity index (χ2v) is 3.60. The van der Waals surface area contributed by atoms with Gasteiger partial charge in [-0.2, -0.15) is 5.10 Å². The third-order valence-corrected chi connectivity index (χ3v) is 2.52. The smallest absolute Gasteiger partial charge is 0.244 e. The predicted octanol–water partition coefficient (Wildman–Crippen LogP) is -0.348. The largest absolute Gasteiger partial charge is 0.341 e. The maximum Gasteiger partial charge on any atom is 0.244 e. The number of carbonyl (C=O) groups is 1. The lowest BCUT2D eigenvalue weighted by Crippen LogP contribution is -2.46. The number of nitrogens with two attached hydrogens (primary N) is 1. The summed E-state index contributed by atoms with van der Waals surface area (Å²) in [5.74, 6) is 0.00394. The maximum atomic E-state index is 11.7. The zero-order valence-electron chi connectivity index (χ0n) is 8.18. The first-order chi connectivity index (χ1) is 6.68. The number of nitrogens with zero attached hydrogens (tertiary/aromatic N) is 3. The number of amides is 1. The van der Waals surface area contributed by atoms with E-state index in [4.69, 9.17) is 5.73 Å². The van der Waals surface area contributed by atoms with E-state index in [0.717, 1.165) is 25.1 Å². The molecule has 14 heavy (non-hydrogen) atoms. The maximum absolute atomic E-state index is 11.7. The van der Waals surface area contributed by atoms with Gasteiger partial charge in [0.05, 0.1) is 6.20 Å². The molecule has 0 radical (unpaired) electrons. The van der Waals surface area contributed by atoms with Crippen LogP contribution >= 0.6 is 0 Å². The predicted molar refractivity (Wildman–Crippen MR) is 51.3 cm³/mol. The van der Waals surface area contributed by atoms with Crippen LogP contribution < -0.4 is 5.73 Å². The fourth-order valence-electron chi connectivity index (χ4n) is 1.48. The van der Waals surface area contributed by atoms with E-state index in [1.807, 2.05) is 7.05 Å². The van der Waals surface area contributed by atoms with Crippen molar-refractivity contribution in [3.63, 3.8) is 0 Å². The summed E-state index contributed by atoms with van der Waals surface area (Å²) in [5, 5.41) is 3.99. The summed E-state index contributed by atoms with van der Waals surface area (Å²) >= 11 is 0. The van der Waals surface area contributed by atoms with Crippen molar-refractivity contribution in [2.24, 2.45) is 12.8 Å². The van der Waals surface area contributed by atoms with Crippen LogP contribution in [-0.2, 0) is 11.8 Å². The zero-order valence-corrected chi connectivity index (χ0v) is 8.18. The van der Waals surface area contributed by atoms with E-state index in [0.29, 0.717) is 0 Å². The number of aromatic nitrogens is 2. The van der Waals surface area contributed by atoms with E-state index in [1.165, 1.54) is 0 Å². The molecule has 1 aromatic rings. The van der Waals surface area contributed by atoms with Crippen molar-refractivity contribution in [1.29, 1.82) is 0 Å². The fourth-order valence-corrected chi connectivity index (χ4v) is 1.48. The van der Waals surface area contributed by atoms with Crippen LogP contribution in [0.4, 0.5) is 0 Å². The lowest BCUT2D eigenvalue weighted by molar-refractivity contribution is -0.136. The molecule has 0 spiro atoms. The molecule has 0 bridgehead atoms. The number of rotatable bonds is 2. The Morgan fingerprint density at radius 1 is 1.64 bits per heavy atom. The minimum absolute atomic E-state index is 0.00394. The van der Waals surface area contributed by atoms with Gasteiger partial charge in [0.1, 0.15) is 6.04 Å². The molecule has 1 fully saturated rings. The van der Waals surface area contributed by atoms with Gasteiger partial charge in [0, 0.05) is 31.9 Å². The van der Waals surface area contributed by atoms with E-state index < -0.39 is 6.04 Å². The summed E-state index contributed by atoms with van der Waals surface area (Å²) in [6.45, 7) is 1.68. The van der Waals surface area contributed by atoms with Crippen molar-refractivity contribution < 1.29 is 4.79 Å². The first-order valence-electron chi connectivity index (χ1n) is 4.71.